The number of nitrogens with one attached hydrogen (secondary N) is 1. The minimum absolute atomic E-state index is 0.0555. The van der Waals surface area contributed by atoms with E-state index in [1.807, 2.05) is 6.07 Å². The number of aryl methyl sites for hydroxylation is 1. The molecule has 1 fully saturated rings. The molecule has 0 unspecified atom stereocenters. The van der Waals surface area contributed by atoms with Gasteiger partial charge in [0.15, 0.2) is 0 Å². The van der Waals surface area contributed by atoms with Crippen LogP contribution in [0.4, 0.5) is 0 Å². The maximum Gasteiger partial charge on any atom is 0.0690 e. The zero-order valence-corrected chi connectivity index (χ0v) is 10.3. The summed E-state index contributed by atoms with van der Waals surface area (Å²) >= 11 is 0. The summed E-state index contributed by atoms with van der Waals surface area (Å²) in [6.45, 7) is 2.00. The van der Waals surface area contributed by atoms with Gasteiger partial charge in [-0.2, -0.15) is 5.26 Å². The van der Waals surface area contributed by atoms with Crippen LogP contribution >= 0.6 is 0 Å². The zero-order valence-electron chi connectivity index (χ0n) is 10.3. The first kappa shape index (κ1) is 12.1. The Hall–Kier alpha value is -1.33. The second-order valence-corrected chi connectivity index (χ2v) is 4.98. The number of rotatable bonds is 4. The van der Waals surface area contributed by atoms with Crippen LogP contribution in [0, 0.1) is 16.7 Å². The Morgan fingerprint density at radius 3 is 2.53 bits per heavy atom. The van der Waals surface area contributed by atoms with Gasteiger partial charge in [0.1, 0.15) is 0 Å². The first-order valence-electron chi connectivity index (χ1n) is 6.51. The molecule has 0 aliphatic carbocycles. The van der Waals surface area contributed by atoms with Crippen LogP contribution in [0.1, 0.15) is 31.2 Å². The number of hydrogen-bond acceptors (Lipinski definition) is 2. The van der Waals surface area contributed by atoms with E-state index < -0.39 is 0 Å². The van der Waals surface area contributed by atoms with Gasteiger partial charge in [-0.1, -0.05) is 30.3 Å². The molecule has 1 saturated heterocycles. The Labute approximate surface area is 104 Å². The first-order chi connectivity index (χ1) is 8.35. The summed E-state index contributed by atoms with van der Waals surface area (Å²) in [6, 6.07) is 13.1. The predicted octanol–water partition coefficient (Wildman–Crippen LogP) is 2.90. The largest absolute Gasteiger partial charge is 0.317 e. The second-order valence-electron chi connectivity index (χ2n) is 4.98. The summed E-state index contributed by atoms with van der Waals surface area (Å²) in [4.78, 5) is 0. The van der Waals surface area contributed by atoms with Crippen LogP contribution < -0.4 is 5.32 Å². The maximum atomic E-state index is 9.36. The van der Waals surface area contributed by atoms with Crippen molar-refractivity contribution < 1.29 is 0 Å². The Morgan fingerprint density at radius 1 is 1.18 bits per heavy atom. The van der Waals surface area contributed by atoms with Crippen LogP contribution in [0.2, 0.25) is 0 Å². The Morgan fingerprint density at radius 2 is 1.88 bits per heavy atom. The number of benzene rings is 1. The molecule has 0 bridgehead atoms. The lowest BCUT2D eigenvalue weighted by Gasteiger charge is -2.31. The third-order valence-electron chi connectivity index (χ3n) is 3.76. The van der Waals surface area contributed by atoms with Gasteiger partial charge < -0.3 is 5.32 Å². The summed E-state index contributed by atoms with van der Waals surface area (Å²) in [5, 5.41) is 12.7. The van der Waals surface area contributed by atoms with Gasteiger partial charge in [0.05, 0.1) is 11.5 Å². The predicted molar refractivity (Wildman–Crippen MR) is 69.5 cm³/mol. The van der Waals surface area contributed by atoms with Crippen molar-refractivity contribution >= 4 is 0 Å². The topological polar surface area (TPSA) is 35.8 Å². The summed E-state index contributed by atoms with van der Waals surface area (Å²) in [5.41, 5.74) is 1.33. The minimum atomic E-state index is -0.0555. The van der Waals surface area contributed by atoms with E-state index in [1.54, 1.807) is 0 Å². The smallest absolute Gasteiger partial charge is 0.0690 e. The molecule has 1 aromatic carbocycles. The lowest BCUT2D eigenvalue weighted by molar-refractivity contribution is 0.257. The summed E-state index contributed by atoms with van der Waals surface area (Å²) in [7, 11) is 0. The fourth-order valence-corrected chi connectivity index (χ4v) is 2.60. The van der Waals surface area contributed by atoms with Crippen LogP contribution in [0.3, 0.4) is 0 Å². The molecule has 0 amide bonds. The molecule has 0 spiro atoms. The molecule has 0 saturated carbocycles. The molecule has 2 rings (SSSR count). The van der Waals surface area contributed by atoms with E-state index in [0.29, 0.717) is 0 Å². The van der Waals surface area contributed by atoms with Crippen LogP contribution in [0.5, 0.6) is 0 Å². The number of hydrogen-bond donors (Lipinski definition) is 1. The molecule has 1 N–H and O–H groups in total. The monoisotopic (exact) mass is 228 g/mol. The highest BCUT2D eigenvalue weighted by Gasteiger charge is 2.31. The molecular weight excluding hydrogens is 208 g/mol. The lowest BCUT2D eigenvalue weighted by atomic mass is 9.76. The first-order valence-corrected chi connectivity index (χ1v) is 6.51. The standard InChI is InChI=1S/C15H20N2/c16-13-15(9-11-17-12-10-15)8-4-7-14-5-2-1-3-6-14/h1-3,5-6,17H,4,7-12H2. The average molecular weight is 228 g/mol. The van der Waals surface area contributed by atoms with E-state index in [-0.39, 0.29) is 5.41 Å². The SMILES string of the molecule is N#CC1(CCCc2ccccc2)CCNCC1. The molecule has 0 aromatic heterocycles. The molecule has 17 heavy (non-hydrogen) atoms. The van der Waals surface area contributed by atoms with E-state index in [2.05, 4.69) is 35.7 Å². The normalized spacial score (nSPS) is 18.5. The third-order valence-corrected chi connectivity index (χ3v) is 3.76. The molecule has 1 aliphatic heterocycles. The van der Waals surface area contributed by atoms with Crippen molar-refractivity contribution in [2.75, 3.05) is 13.1 Å². The van der Waals surface area contributed by atoms with Crippen LogP contribution in [0.25, 0.3) is 0 Å². The molecule has 2 heteroatoms. The number of nitrogens with zero attached hydrogens (tertiary/aromatic N) is 1. The van der Waals surface area contributed by atoms with Crippen molar-refractivity contribution in [1.82, 2.24) is 5.32 Å². The van der Waals surface area contributed by atoms with Crippen molar-refractivity contribution in [2.24, 2.45) is 5.41 Å². The second kappa shape index (κ2) is 5.84. The number of piperidine rings is 1. The highest BCUT2D eigenvalue weighted by atomic mass is 14.9. The van der Waals surface area contributed by atoms with E-state index in [9.17, 15) is 5.26 Å². The van der Waals surface area contributed by atoms with Gasteiger partial charge in [-0.15, -0.1) is 0 Å². The molecule has 90 valence electrons. The van der Waals surface area contributed by atoms with E-state index in [0.717, 1.165) is 45.2 Å². The van der Waals surface area contributed by atoms with E-state index >= 15 is 0 Å². The van der Waals surface area contributed by atoms with Gasteiger partial charge >= 0.3 is 0 Å². The summed E-state index contributed by atoms with van der Waals surface area (Å²) in [6.07, 6.45) is 5.28. The van der Waals surface area contributed by atoms with Crippen molar-refractivity contribution in [3.05, 3.63) is 35.9 Å². The minimum Gasteiger partial charge on any atom is -0.317 e. The Bertz CT molecular complexity index is 372. The van der Waals surface area contributed by atoms with Crippen LogP contribution in [-0.2, 0) is 6.42 Å². The molecule has 1 aromatic rings. The fraction of sp³-hybridized carbons (Fsp3) is 0.533. The van der Waals surface area contributed by atoms with Crippen molar-refractivity contribution in [2.45, 2.75) is 32.1 Å². The third kappa shape index (κ3) is 3.31. The van der Waals surface area contributed by atoms with Gasteiger partial charge in [-0.3, -0.25) is 0 Å². The Balaban J connectivity index is 1.83. The van der Waals surface area contributed by atoms with Crippen molar-refractivity contribution in [1.29, 1.82) is 5.26 Å². The van der Waals surface area contributed by atoms with E-state index in [1.165, 1.54) is 5.56 Å². The lowest BCUT2D eigenvalue weighted by Crippen LogP contribution is -2.35. The molecular formula is C15H20N2. The van der Waals surface area contributed by atoms with Gasteiger partial charge in [0.2, 0.25) is 0 Å². The van der Waals surface area contributed by atoms with Gasteiger partial charge in [0.25, 0.3) is 0 Å². The highest BCUT2D eigenvalue weighted by Crippen LogP contribution is 2.33. The summed E-state index contributed by atoms with van der Waals surface area (Å²) in [5.74, 6) is 0. The van der Waals surface area contributed by atoms with E-state index in [4.69, 9.17) is 0 Å². The summed E-state index contributed by atoms with van der Waals surface area (Å²) < 4.78 is 0. The zero-order chi connectivity index (χ0) is 12.0. The maximum absolute atomic E-state index is 9.36. The molecule has 2 nitrogen and oxygen atoms in total. The van der Waals surface area contributed by atoms with Crippen LogP contribution in [0.15, 0.2) is 30.3 Å². The van der Waals surface area contributed by atoms with Crippen molar-refractivity contribution in [3.8, 4) is 6.07 Å². The molecule has 0 radical (unpaired) electrons. The van der Waals surface area contributed by atoms with Gasteiger partial charge in [0, 0.05) is 0 Å². The quantitative estimate of drug-likeness (QED) is 0.860. The fourth-order valence-electron chi connectivity index (χ4n) is 2.60. The Kier molecular flexibility index (Phi) is 4.17. The van der Waals surface area contributed by atoms with Crippen molar-refractivity contribution in [3.63, 3.8) is 0 Å². The molecule has 1 heterocycles. The van der Waals surface area contributed by atoms with Crippen LogP contribution in [-0.4, -0.2) is 13.1 Å². The molecule has 0 atom stereocenters. The number of nitriles is 1. The average Bonchev–Trinajstić information content (AvgIpc) is 2.41. The highest BCUT2D eigenvalue weighted by molar-refractivity contribution is 5.14. The molecule has 1 aliphatic rings. The van der Waals surface area contributed by atoms with Gasteiger partial charge in [-0.05, 0) is 50.8 Å². The van der Waals surface area contributed by atoms with Gasteiger partial charge in [-0.25, -0.2) is 0 Å².